The lowest BCUT2D eigenvalue weighted by atomic mass is 10.1. The second-order valence-electron chi connectivity index (χ2n) is 4.73. The number of aryl methyl sites for hydroxylation is 1. The van der Waals surface area contributed by atoms with Gasteiger partial charge in [-0.2, -0.15) is 0 Å². The third-order valence-electron chi connectivity index (χ3n) is 3.09. The molecule has 0 aromatic heterocycles. The highest BCUT2D eigenvalue weighted by Gasteiger charge is 2.17. The number of hydrogen-bond donors (Lipinski definition) is 0. The molecule has 0 aliphatic heterocycles. The van der Waals surface area contributed by atoms with Crippen molar-refractivity contribution in [2.75, 3.05) is 11.9 Å². The van der Waals surface area contributed by atoms with Gasteiger partial charge in [-0.3, -0.25) is 10.1 Å². The molecule has 0 unspecified atom stereocenters. The summed E-state index contributed by atoms with van der Waals surface area (Å²) in [6, 6.07) is 13.3. The molecular formula is C15H15BrN2O2. The Morgan fingerprint density at radius 2 is 1.85 bits per heavy atom. The van der Waals surface area contributed by atoms with Crippen LogP contribution in [0.25, 0.3) is 0 Å². The molecule has 0 spiro atoms. The van der Waals surface area contributed by atoms with Crippen LogP contribution in [0.3, 0.4) is 0 Å². The normalized spacial score (nSPS) is 10.3. The van der Waals surface area contributed by atoms with Gasteiger partial charge in [-0.15, -0.1) is 0 Å². The zero-order valence-corrected chi connectivity index (χ0v) is 12.9. The highest BCUT2D eigenvalue weighted by Crippen LogP contribution is 2.31. The molecule has 0 N–H and O–H groups in total. The van der Waals surface area contributed by atoms with Gasteiger partial charge in [0.05, 0.1) is 4.92 Å². The standard InChI is InChI=1S/C15H15BrN2O2/c1-11-3-5-12(6-4-11)10-17(2)14-8-7-13(16)9-15(14)18(19)20/h3-9H,10H2,1-2H3. The van der Waals surface area contributed by atoms with E-state index < -0.39 is 0 Å². The molecule has 0 amide bonds. The fraction of sp³-hybridized carbons (Fsp3) is 0.200. The minimum absolute atomic E-state index is 0.106. The Bertz CT molecular complexity index is 626. The lowest BCUT2D eigenvalue weighted by Crippen LogP contribution is -2.17. The van der Waals surface area contributed by atoms with Crippen LogP contribution < -0.4 is 4.90 Å². The third-order valence-corrected chi connectivity index (χ3v) is 3.58. The summed E-state index contributed by atoms with van der Waals surface area (Å²) in [5.74, 6) is 0. The van der Waals surface area contributed by atoms with Crippen LogP contribution in [0.1, 0.15) is 11.1 Å². The number of nitrogens with zero attached hydrogens (tertiary/aromatic N) is 2. The van der Waals surface area contributed by atoms with E-state index in [4.69, 9.17) is 0 Å². The van der Waals surface area contributed by atoms with Crippen LogP contribution in [0.15, 0.2) is 46.9 Å². The first-order chi connectivity index (χ1) is 9.47. The van der Waals surface area contributed by atoms with Gasteiger partial charge in [0.2, 0.25) is 0 Å². The van der Waals surface area contributed by atoms with Gasteiger partial charge >= 0.3 is 0 Å². The second-order valence-corrected chi connectivity index (χ2v) is 5.65. The first kappa shape index (κ1) is 14.5. The van der Waals surface area contributed by atoms with Crippen molar-refractivity contribution in [3.63, 3.8) is 0 Å². The van der Waals surface area contributed by atoms with Gasteiger partial charge in [0.15, 0.2) is 0 Å². The summed E-state index contributed by atoms with van der Waals surface area (Å²) >= 11 is 3.27. The molecule has 20 heavy (non-hydrogen) atoms. The van der Waals surface area contributed by atoms with Crippen molar-refractivity contribution in [1.82, 2.24) is 0 Å². The summed E-state index contributed by atoms with van der Waals surface area (Å²) in [5, 5.41) is 11.1. The van der Waals surface area contributed by atoms with E-state index in [9.17, 15) is 10.1 Å². The first-order valence-electron chi connectivity index (χ1n) is 6.18. The summed E-state index contributed by atoms with van der Waals surface area (Å²) in [4.78, 5) is 12.7. The van der Waals surface area contributed by atoms with Crippen LogP contribution in [0.4, 0.5) is 11.4 Å². The van der Waals surface area contributed by atoms with E-state index in [1.165, 1.54) is 11.6 Å². The minimum atomic E-state index is -0.355. The number of benzene rings is 2. The van der Waals surface area contributed by atoms with Crippen molar-refractivity contribution in [1.29, 1.82) is 0 Å². The lowest BCUT2D eigenvalue weighted by Gasteiger charge is -2.19. The Kier molecular flexibility index (Phi) is 4.39. The van der Waals surface area contributed by atoms with Gasteiger partial charge in [0, 0.05) is 24.1 Å². The van der Waals surface area contributed by atoms with Crippen LogP contribution in [0.5, 0.6) is 0 Å². The molecule has 2 aromatic carbocycles. The van der Waals surface area contributed by atoms with Crippen LogP contribution >= 0.6 is 15.9 Å². The molecule has 0 bridgehead atoms. The predicted molar refractivity (Wildman–Crippen MR) is 84.1 cm³/mol. The van der Waals surface area contributed by atoms with Crippen molar-refractivity contribution in [2.24, 2.45) is 0 Å². The van der Waals surface area contributed by atoms with Crippen LogP contribution in [-0.4, -0.2) is 12.0 Å². The number of hydrogen-bond acceptors (Lipinski definition) is 3. The number of rotatable bonds is 4. The van der Waals surface area contributed by atoms with Crippen molar-refractivity contribution < 1.29 is 4.92 Å². The van der Waals surface area contributed by atoms with E-state index in [2.05, 4.69) is 15.9 Å². The Morgan fingerprint density at radius 1 is 1.20 bits per heavy atom. The van der Waals surface area contributed by atoms with E-state index in [1.807, 2.05) is 49.2 Å². The molecule has 0 heterocycles. The van der Waals surface area contributed by atoms with Crippen molar-refractivity contribution in [3.05, 3.63) is 68.2 Å². The van der Waals surface area contributed by atoms with E-state index in [1.54, 1.807) is 6.07 Å². The first-order valence-corrected chi connectivity index (χ1v) is 6.97. The van der Waals surface area contributed by atoms with E-state index in [-0.39, 0.29) is 10.6 Å². The molecule has 0 aliphatic rings. The van der Waals surface area contributed by atoms with Gasteiger partial charge in [0.25, 0.3) is 5.69 Å². The largest absolute Gasteiger partial charge is 0.365 e. The minimum Gasteiger partial charge on any atom is -0.365 e. The number of halogens is 1. The summed E-state index contributed by atoms with van der Waals surface area (Å²) in [7, 11) is 1.86. The van der Waals surface area contributed by atoms with Gasteiger partial charge in [-0.1, -0.05) is 45.8 Å². The van der Waals surface area contributed by atoms with E-state index >= 15 is 0 Å². The molecule has 4 nitrogen and oxygen atoms in total. The SMILES string of the molecule is Cc1ccc(CN(C)c2ccc(Br)cc2[N+](=O)[O-])cc1. The molecular weight excluding hydrogens is 320 g/mol. The molecule has 0 fully saturated rings. The van der Waals surface area contributed by atoms with Crippen LogP contribution in [0.2, 0.25) is 0 Å². The Balaban J connectivity index is 2.27. The topological polar surface area (TPSA) is 46.4 Å². The average Bonchev–Trinajstić information content (AvgIpc) is 2.41. The van der Waals surface area contributed by atoms with Gasteiger partial charge in [0.1, 0.15) is 5.69 Å². The molecule has 0 radical (unpaired) electrons. The molecule has 0 saturated carbocycles. The monoisotopic (exact) mass is 334 g/mol. The molecule has 2 aromatic rings. The number of anilines is 1. The van der Waals surface area contributed by atoms with Gasteiger partial charge < -0.3 is 4.90 Å². The van der Waals surface area contributed by atoms with Gasteiger partial charge in [-0.25, -0.2) is 0 Å². The summed E-state index contributed by atoms with van der Waals surface area (Å²) < 4.78 is 0.705. The highest BCUT2D eigenvalue weighted by atomic mass is 79.9. The van der Waals surface area contributed by atoms with Crippen LogP contribution in [-0.2, 0) is 6.54 Å². The number of nitro benzene ring substituents is 1. The average molecular weight is 335 g/mol. The predicted octanol–water partition coefficient (Wildman–Crippen LogP) is 4.30. The maximum Gasteiger partial charge on any atom is 0.293 e. The van der Waals surface area contributed by atoms with Crippen LogP contribution in [0, 0.1) is 17.0 Å². The maximum absolute atomic E-state index is 11.1. The molecule has 104 valence electrons. The Hall–Kier alpha value is -1.88. The summed E-state index contributed by atoms with van der Waals surface area (Å²) in [6.07, 6.45) is 0. The molecule has 0 aliphatic carbocycles. The molecule has 2 rings (SSSR count). The fourth-order valence-electron chi connectivity index (χ4n) is 2.02. The Labute approximate surface area is 126 Å². The number of nitro groups is 1. The third kappa shape index (κ3) is 3.36. The smallest absolute Gasteiger partial charge is 0.293 e. The van der Waals surface area contributed by atoms with Crippen molar-refractivity contribution in [2.45, 2.75) is 13.5 Å². The summed E-state index contributed by atoms with van der Waals surface area (Å²) in [5.41, 5.74) is 3.04. The van der Waals surface area contributed by atoms with Gasteiger partial charge in [-0.05, 0) is 24.6 Å². The Morgan fingerprint density at radius 3 is 2.45 bits per heavy atom. The zero-order valence-electron chi connectivity index (χ0n) is 11.3. The van der Waals surface area contributed by atoms with Crippen molar-refractivity contribution in [3.8, 4) is 0 Å². The van der Waals surface area contributed by atoms with E-state index in [0.717, 1.165) is 5.56 Å². The zero-order chi connectivity index (χ0) is 14.7. The quantitative estimate of drug-likeness (QED) is 0.618. The molecule has 0 atom stereocenters. The molecule has 0 saturated heterocycles. The fourth-order valence-corrected chi connectivity index (χ4v) is 2.37. The lowest BCUT2D eigenvalue weighted by molar-refractivity contribution is -0.384. The molecule has 5 heteroatoms. The summed E-state index contributed by atoms with van der Waals surface area (Å²) in [6.45, 7) is 2.66. The highest BCUT2D eigenvalue weighted by molar-refractivity contribution is 9.10. The second kappa shape index (κ2) is 6.05. The maximum atomic E-state index is 11.1. The van der Waals surface area contributed by atoms with Crippen molar-refractivity contribution >= 4 is 27.3 Å². The van der Waals surface area contributed by atoms with E-state index in [0.29, 0.717) is 16.7 Å².